The van der Waals surface area contributed by atoms with Gasteiger partial charge in [0.1, 0.15) is 12.3 Å². The maximum Gasteiger partial charge on any atom is 0.264 e. The molecule has 1 aliphatic rings. The third-order valence-electron chi connectivity index (χ3n) is 5.53. The number of ether oxygens (including phenoxy) is 1. The van der Waals surface area contributed by atoms with Crippen molar-refractivity contribution in [2.45, 2.75) is 24.2 Å². The number of amides is 1. The lowest BCUT2D eigenvalue weighted by molar-refractivity contribution is -0.119. The molecule has 0 bridgehead atoms. The molecule has 3 aromatic rings. The number of halogens is 1. The van der Waals surface area contributed by atoms with E-state index in [1.165, 1.54) is 12.1 Å². The summed E-state index contributed by atoms with van der Waals surface area (Å²) in [4.78, 5) is 12.9. The van der Waals surface area contributed by atoms with Gasteiger partial charge in [0, 0.05) is 10.6 Å². The number of aryl methyl sites for hydroxylation is 1. The molecule has 0 atom stereocenters. The molecule has 0 saturated heterocycles. The zero-order valence-corrected chi connectivity index (χ0v) is 20.1. The van der Waals surface area contributed by atoms with Crippen molar-refractivity contribution in [2.75, 3.05) is 18.0 Å². The summed E-state index contributed by atoms with van der Waals surface area (Å²) >= 11 is 5.98. The van der Waals surface area contributed by atoms with Crippen LogP contribution in [0.15, 0.2) is 82.8 Å². The van der Waals surface area contributed by atoms with Gasteiger partial charge in [-0.25, -0.2) is 13.8 Å². The molecule has 176 valence electrons. The SMILES string of the molecule is COc1ccc2c(c1)CCC/C2=N\NC(=O)CN(c1ccc(Cl)cc1)S(=O)(=O)c1ccccc1. The summed E-state index contributed by atoms with van der Waals surface area (Å²) in [6, 6.07) is 20.0. The van der Waals surface area contributed by atoms with Gasteiger partial charge in [0.15, 0.2) is 0 Å². The van der Waals surface area contributed by atoms with Crippen LogP contribution in [0, 0.1) is 0 Å². The molecule has 1 N–H and O–H groups in total. The van der Waals surface area contributed by atoms with E-state index in [1.54, 1.807) is 49.6 Å². The molecule has 0 aromatic heterocycles. The third kappa shape index (κ3) is 5.24. The highest BCUT2D eigenvalue weighted by Crippen LogP contribution is 2.27. The molecule has 0 fully saturated rings. The van der Waals surface area contributed by atoms with Crippen molar-refractivity contribution in [3.63, 3.8) is 0 Å². The highest BCUT2D eigenvalue weighted by Gasteiger charge is 2.27. The second-order valence-electron chi connectivity index (χ2n) is 7.77. The molecule has 9 heteroatoms. The molecule has 0 saturated carbocycles. The first-order chi connectivity index (χ1) is 16.4. The number of rotatable bonds is 7. The second-order valence-corrected chi connectivity index (χ2v) is 10.1. The molecular formula is C25H24ClN3O4S. The van der Waals surface area contributed by atoms with E-state index in [-0.39, 0.29) is 4.90 Å². The van der Waals surface area contributed by atoms with E-state index in [1.807, 2.05) is 18.2 Å². The van der Waals surface area contributed by atoms with Gasteiger partial charge < -0.3 is 4.74 Å². The van der Waals surface area contributed by atoms with Crippen LogP contribution < -0.4 is 14.5 Å². The number of hydrogen-bond acceptors (Lipinski definition) is 5. The number of hydrogen-bond donors (Lipinski definition) is 1. The van der Waals surface area contributed by atoms with Crippen molar-refractivity contribution in [2.24, 2.45) is 5.10 Å². The van der Waals surface area contributed by atoms with E-state index in [0.29, 0.717) is 17.1 Å². The maximum absolute atomic E-state index is 13.3. The van der Waals surface area contributed by atoms with Gasteiger partial charge >= 0.3 is 0 Å². The fraction of sp³-hybridized carbons (Fsp3) is 0.200. The first-order valence-electron chi connectivity index (χ1n) is 10.7. The Morgan fingerprint density at radius 2 is 1.79 bits per heavy atom. The number of anilines is 1. The monoisotopic (exact) mass is 497 g/mol. The molecule has 0 unspecified atom stereocenters. The smallest absolute Gasteiger partial charge is 0.264 e. The van der Waals surface area contributed by atoms with Crippen LogP contribution in [0.5, 0.6) is 5.75 Å². The largest absolute Gasteiger partial charge is 0.497 e. The molecule has 3 aromatic carbocycles. The predicted octanol–water partition coefficient (Wildman–Crippen LogP) is 4.40. The van der Waals surface area contributed by atoms with Gasteiger partial charge in [0.05, 0.1) is 23.4 Å². The number of sulfonamides is 1. The van der Waals surface area contributed by atoms with E-state index in [4.69, 9.17) is 16.3 Å². The van der Waals surface area contributed by atoms with Crippen molar-refractivity contribution in [1.29, 1.82) is 0 Å². The Hall–Kier alpha value is -3.36. The number of carbonyl (C=O) groups is 1. The minimum absolute atomic E-state index is 0.0826. The van der Waals surface area contributed by atoms with Crippen molar-refractivity contribution in [1.82, 2.24) is 5.43 Å². The quantitative estimate of drug-likeness (QED) is 0.490. The van der Waals surface area contributed by atoms with Crippen molar-refractivity contribution in [3.8, 4) is 5.75 Å². The molecular weight excluding hydrogens is 474 g/mol. The van der Waals surface area contributed by atoms with Crippen LogP contribution in [0.25, 0.3) is 0 Å². The van der Waals surface area contributed by atoms with Crippen molar-refractivity contribution in [3.05, 3.63) is 88.9 Å². The van der Waals surface area contributed by atoms with Crippen molar-refractivity contribution >= 4 is 38.9 Å². The highest BCUT2D eigenvalue weighted by molar-refractivity contribution is 7.92. The third-order valence-corrected chi connectivity index (χ3v) is 7.57. The molecule has 7 nitrogen and oxygen atoms in total. The summed E-state index contributed by atoms with van der Waals surface area (Å²) < 4.78 is 33.0. The summed E-state index contributed by atoms with van der Waals surface area (Å²) in [5.74, 6) is 0.219. The Morgan fingerprint density at radius 1 is 1.06 bits per heavy atom. The summed E-state index contributed by atoms with van der Waals surface area (Å²) in [6.45, 7) is -0.439. The Labute approximate surface area is 204 Å². The van der Waals surface area contributed by atoms with Gasteiger partial charge in [-0.15, -0.1) is 0 Å². The average Bonchev–Trinajstić information content (AvgIpc) is 2.86. The van der Waals surface area contributed by atoms with E-state index < -0.39 is 22.5 Å². The van der Waals surface area contributed by atoms with Gasteiger partial charge in [0.25, 0.3) is 15.9 Å². The van der Waals surface area contributed by atoms with Crippen LogP contribution in [0.4, 0.5) is 5.69 Å². The molecule has 0 heterocycles. The van der Waals surface area contributed by atoms with E-state index in [9.17, 15) is 13.2 Å². The number of methoxy groups -OCH3 is 1. The fourth-order valence-electron chi connectivity index (χ4n) is 3.82. The Bertz CT molecular complexity index is 1310. The maximum atomic E-state index is 13.3. The first kappa shape index (κ1) is 23.8. The molecule has 0 spiro atoms. The molecule has 0 radical (unpaired) electrons. The van der Waals surface area contributed by atoms with Gasteiger partial charge in [-0.1, -0.05) is 29.8 Å². The fourth-order valence-corrected chi connectivity index (χ4v) is 5.39. The Kier molecular flexibility index (Phi) is 7.19. The molecule has 1 amide bonds. The van der Waals surface area contributed by atoms with Gasteiger partial charge in [-0.3, -0.25) is 9.10 Å². The zero-order valence-electron chi connectivity index (χ0n) is 18.6. The van der Waals surface area contributed by atoms with E-state index >= 15 is 0 Å². The minimum Gasteiger partial charge on any atom is -0.497 e. The van der Waals surface area contributed by atoms with Crippen molar-refractivity contribution < 1.29 is 17.9 Å². The van der Waals surface area contributed by atoms with Crippen LogP contribution in [0.2, 0.25) is 5.02 Å². The predicted molar refractivity (Wildman–Crippen MR) is 133 cm³/mol. The van der Waals surface area contributed by atoms with E-state index in [2.05, 4.69) is 10.5 Å². The number of nitrogens with one attached hydrogen (secondary N) is 1. The summed E-state index contributed by atoms with van der Waals surface area (Å²) in [5, 5.41) is 4.79. The van der Waals surface area contributed by atoms with Gasteiger partial charge in [-0.2, -0.15) is 5.10 Å². The number of fused-ring (bicyclic) bond motifs is 1. The standard InChI is InChI=1S/C25H24ClN3O4S/c1-33-21-14-15-23-18(16-21)6-5-9-24(23)27-28-25(30)17-29(20-12-10-19(26)11-13-20)34(31,32)22-7-3-2-4-8-22/h2-4,7-8,10-16H,5-6,9,17H2,1H3,(H,28,30)/b27-24+. The lowest BCUT2D eigenvalue weighted by atomic mass is 9.90. The first-order valence-corrected chi connectivity index (χ1v) is 12.6. The topological polar surface area (TPSA) is 88.1 Å². The number of nitrogens with zero attached hydrogens (tertiary/aromatic N) is 2. The summed E-state index contributed by atoms with van der Waals surface area (Å²) in [6.07, 6.45) is 2.51. The number of hydrazone groups is 1. The summed E-state index contributed by atoms with van der Waals surface area (Å²) in [5.41, 5.74) is 5.68. The van der Waals surface area contributed by atoms with Gasteiger partial charge in [-0.05, 0) is 79.4 Å². The molecule has 4 rings (SSSR count). The molecule has 34 heavy (non-hydrogen) atoms. The summed E-state index contributed by atoms with van der Waals surface area (Å²) in [7, 11) is -2.37. The van der Waals surface area contributed by atoms with Crippen LogP contribution in [0.3, 0.4) is 0 Å². The lowest BCUT2D eigenvalue weighted by Gasteiger charge is -2.24. The normalized spacial score (nSPS) is 14.4. The minimum atomic E-state index is -3.99. The zero-order chi connectivity index (χ0) is 24.1. The Balaban J connectivity index is 1.58. The van der Waals surface area contributed by atoms with E-state index in [0.717, 1.165) is 39.7 Å². The highest BCUT2D eigenvalue weighted by atomic mass is 35.5. The molecule has 1 aliphatic carbocycles. The average molecular weight is 498 g/mol. The van der Waals surface area contributed by atoms with Crippen LogP contribution in [-0.2, 0) is 21.2 Å². The number of carbonyl (C=O) groups excluding carboxylic acids is 1. The van der Waals surface area contributed by atoms with Gasteiger partial charge in [0.2, 0.25) is 0 Å². The van der Waals surface area contributed by atoms with Crippen LogP contribution in [-0.4, -0.2) is 33.7 Å². The van der Waals surface area contributed by atoms with Crippen LogP contribution in [0.1, 0.15) is 24.0 Å². The second kappa shape index (κ2) is 10.3. The number of benzene rings is 3. The van der Waals surface area contributed by atoms with Crippen LogP contribution >= 0.6 is 11.6 Å². The lowest BCUT2D eigenvalue weighted by Crippen LogP contribution is -2.39. The Morgan fingerprint density at radius 3 is 2.50 bits per heavy atom. The molecule has 0 aliphatic heterocycles.